The third-order valence-corrected chi connectivity index (χ3v) is 5.01. The van der Waals surface area contributed by atoms with Gasteiger partial charge in [0.05, 0.1) is 0 Å². The minimum absolute atomic E-state index is 0.374. The topological polar surface area (TPSA) is 29.3 Å². The zero-order valence-electron chi connectivity index (χ0n) is 13.3. The average Bonchev–Trinajstić information content (AvgIpc) is 2.34. The first-order valence-electron chi connectivity index (χ1n) is 7.93. The SMILES string of the molecule is CCC(N)C(C)CC1C(C)CN1C(CC)C(C)C. The Morgan fingerprint density at radius 2 is 1.78 bits per heavy atom. The maximum Gasteiger partial charge on any atom is 0.0139 e. The Labute approximate surface area is 114 Å². The van der Waals surface area contributed by atoms with E-state index in [2.05, 4.69) is 46.4 Å². The lowest BCUT2D eigenvalue weighted by molar-refractivity contribution is -0.0433. The van der Waals surface area contributed by atoms with Crippen LogP contribution in [0.2, 0.25) is 0 Å². The van der Waals surface area contributed by atoms with Crippen LogP contribution in [0.5, 0.6) is 0 Å². The predicted molar refractivity (Wildman–Crippen MR) is 80.6 cm³/mol. The van der Waals surface area contributed by atoms with Gasteiger partial charge in [-0.2, -0.15) is 0 Å². The summed E-state index contributed by atoms with van der Waals surface area (Å²) in [5.74, 6) is 2.26. The Morgan fingerprint density at radius 3 is 2.17 bits per heavy atom. The summed E-state index contributed by atoms with van der Waals surface area (Å²) in [6.45, 7) is 15.3. The van der Waals surface area contributed by atoms with E-state index in [1.54, 1.807) is 0 Å². The van der Waals surface area contributed by atoms with E-state index in [9.17, 15) is 0 Å². The standard InChI is InChI=1S/C16H34N2/c1-7-14(17)12(5)9-16-13(6)10-18(16)15(8-2)11(3)4/h11-16H,7-10,17H2,1-6H3. The lowest BCUT2D eigenvalue weighted by Gasteiger charge is -2.53. The highest BCUT2D eigenvalue weighted by atomic mass is 15.3. The van der Waals surface area contributed by atoms with Gasteiger partial charge in [0.15, 0.2) is 0 Å². The van der Waals surface area contributed by atoms with Gasteiger partial charge in [-0.15, -0.1) is 0 Å². The number of hydrogen-bond acceptors (Lipinski definition) is 2. The quantitative estimate of drug-likeness (QED) is 0.753. The summed E-state index contributed by atoms with van der Waals surface area (Å²) >= 11 is 0. The van der Waals surface area contributed by atoms with Gasteiger partial charge in [0.2, 0.25) is 0 Å². The van der Waals surface area contributed by atoms with Crippen LogP contribution in [0, 0.1) is 17.8 Å². The molecule has 0 aromatic rings. The van der Waals surface area contributed by atoms with Crippen LogP contribution in [0.3, 0.4) is 0 Å². The number of nitrogens with zero attached hydrogens (tertiary/aromatic N) is 1. The van der Waals surface area contributed by atoms with Crippen LogP contribution in [-0.2, 0) is 0 Å². The van der Waals surface area contributed by atoms with Gasteiger partial charge in [0, 0.05) is 24.7 Å². The van der Waals surface area contributed by atoms with Gasteiger partial charge in [-0.1, -0.05) is 41.5 Å². The van der Waals surface area contributed by atoms with Crippen molar-refractivity contribution in [3.05, 3.63) is 0 Å². The summed E-state index contributed by atoms with van der Waals surface area (Å²) < 4.78 is 0. The molecule has 1 aliphatic rings. The first-order chi connectivity index (χ1) is 8.42. The molecule has 0 spiro atoms. The van der Waals surface area contributed by atoms with Crippen LogP contribution in [0.1, 0.15) is 60.8 Å². The van der Waals surface area contributed by atoms with Gasteiger partial charge in [-0.05, 0) is 37.0 Å². The second-order valence-electron chi connectivity index (χ2n) is 6.75. The third kappa shape index (κ3) is 3.48. The minimum Gasteiger partial charge on any atom is -0.327 e. The minimum atomic E-state index is 0.374. The monoisotopic (exact) mass is 254 g/mol. The Morgan fingerprint density at radius 1 is 1.17 bits per heavy atom. The summed E-state index contributed by atoms with van der Waals surface area (Å²) in [5, 5.41) is 0. The third-order valence-electron chi connectivity index (χ3n) is 5.01. The summed E-state index contributed by atoms with van der Waals surface area (Å²) in [6, 6.07) is 1.90. The van der Waals surface area contributed by atoms with Crippen molar-refractivity contribution < 1.29 is 0 Å². The number of rotatable bonds is 7. The Kier molecular flexibility index (Phi) is 6.13. The van der Waals surface area contributed by atoms with E-state index in [4.69, 9.17) is 5.73 Å². The van der Waals surface area contributed by atoms with Crippen LogP contribution in [-0.4, -0.2) is 29.6 Å². The molecule has 0 aliphatic carbocycles. The van der Waals surface area contributed by atoms with Crippen molar-refractivity contribution in [1.82, 2.24) is 4.90 Å². The predicted octanol–water partition coefficient (Wildman–Crippen LogP) is 3.50. The number of nitrogens with two attached hydrogens (primary N) is 1. The fourth-order valence-electron chi connectivity index (χ4n) is 3.57. The van der Waals surface area contributed by atoms with Crippen molar-refractivity contribution in [1.29, 1.82) is 0 Å². The Balaban J connectivity index is 2.57. The molecule has 108 valence electrons. The molecule has 1 aliphatic heterocycles. The summed E-state index contributed by atoms with van der Waals surface area (Å²) in [7, 11) is 0. The summed E-state index contributed by atoms with van der Waals surface area (Å²) in [4.78, 5) is 2.74. The van der Waals surface area contributed by atoms with Crippen molar-refractivity contribution in [3.63, 3.8) is 0 Å². The molecule has 2 N–H and O–H groups in total. The molecule has 0 radical (unpaired) electrons. The maximum absolute atomic E-state index is 6.18. The molecule has 5 unspecified atom stereocenters. The van der Waals surface area contributed by atoms with Crippen molar-refractivity contribution in [2.24, 2.45) is 23.5 Å². The molecular formula is C16H34N2. The van der Waals surface area contributed by atoms with E-state index in [1.165, 1.54) is 19.4 Å². The zero-order chi connectivity index (χ0) is 13.9. The fourth-order valence-corrected chi connectivity index (χ4v) is 3.57. The van der Waals surface area contributed by atoms with Gasteiger partial charge in [-0.25, -0.2) is 0 Å². The van der Waals surface area contributed by atoms with Gasteiger partial charge < -0.3 is 5.73 Å². The van der Waals surface area contributed by atoms with E-state index in [1.807, 2.05) is 0 Å². The first kappa shape index (κ1) is 16.0. The van der Waals surface area contributed by atoms with Crippen LogP contribution in [0.15, 0.2) is 0 Å². The lowest BCUT2D eigenvalue weighted by atomic mass is 9.78. The lowest BCUT2D eigenvalue weighted by Crippen LogP contribution is -2.61. The van der Waals surface area contributed by atoms with Crippen molar-refractivity contribution in [2.75, 3.05) is 6.54 Å². The summed E-state index contributed by atoms with van der Waals surface area (Å²) in [6.07, 6.45) is 3.65. The molecule has 1 saturated heterocycles. The van der Waals surface area contributed by atoms with Crippen molar-refractivity contribution >= 4 is 0 Å². The van der Waals surface area contributed by atoms with E-state index >= 15 is 0 Å². The smallest absolute Gasteiger partial charge is 0.0139 e. The molecule has 0 aromatic carbocycles. The Hall–Kier alpha value is -0.0800. The molecule has 0 saturated carbocycles. The Bertz CT molecular complexity index is 239. The molecule has 0 aromatic heterocycles. The number of hydrogen-bond donors (Lipinski definition) is 1. The maximum atomic E-state index is 6.18. The average molecular weight is 254 g/mol. The highest BCUT2D eigenvalue weighted by molar-refractivity contribution is 4.95. The molecule has 0 bridgehead atoms. The normalized spacial score (nSPS) is 30.0. The van der Waals surface area contributed by atoms with E-state index in [-0.39, 0.29) is 0 Å². The summed E-state index contributed by atoms with van der Waals surface area (Å²) in [5.41, 5.74) is 6.18. The van der Waals surface area contributed by atoms with Gasteiger partial charge in [0.1, 0.15) is 0 Å². The van der Waals surface area contributed by atoms with Crippen LogP contribution >= 0.6 is 0 Å². The van der Waals surface area contributed by atoms with Crippen LogP contribution in [0.4, 0.5) is 0 Å². The molecule has 18 heavy (non-hydrogen) atoms. The zero-order valence-corrected chi connectivity index (χ0v) is 13.3. The second-order valence-corrected chi connectivity index (χ2v) is 6.75. The molecule has 5 atom stereocenters. The molecule has 0 amide bonds. The fraction of sp³-hybridized carbons (Fsp3) is 1.00. The second kappa shape index (κ2) is 6.91. The molecule has 1 fully saturated rings. The largest absolute Gasteiger partial charge is 0.327 e. The first-order valence-corrected chi connectivity index (χ1v) is 7.93. The van der Waals surface area contributed by atoms with Crippen LogP contribution in [0.25, 0.3) is 0 Å². The van der Waals surface area contributed by atoms with E-state index < -0.39 is 0 Å². The van der Waals surface area contributed by atoms with Gasteiger partial charge >= 0.3 is 0 Å². The van der Waals surface area contributed by atoms with Crippen LogP contribution < -0.4 is 5.73 Å². The van der Waals surface area contributed by atoms with Crippen molar-refractivity contribution in [2.45, 2.75) is 78.9 Å². The van der Waals surface area contributed by atoms with Gasteiger partial charge in [0.25, 0.3) is 0 Å². The molecular weight excluding hydrogens is 220 g/mol. The highest BCUT2D eigenvalue weighted by Gasteiger charge is 2.40. The van der Waals surface area contributed by atoms with Gasteiger partial charge in [-0.3, -0.25) is 4.90 Å². The van der Waals surface area contributed by atoms with E-state index in [0.29, 0.717) is 12.0 Å². The van der Waals surface area contributed by atoms with E-state index in [0.717, 1.165) is 30.3 Å². The molecule has 2 nitrogen and oxygen atoms in total. The molecule has 1 heterocycles. The highest BCUT2D eigenvalue weighted by Crippen LogP contribution is 2.35. The molecule has 2 heteroatoms. The van der Waals surface area contributed by atoms with Crippen molar-refractivity contribution in [3.8, 4) is 0 Å². The number of likely N-dealkylation sites (tertiary alicyclic amines) is 1. The molecule has 1 rings (SSSR count).